The van der Waals surface area contributed by atoms with E-state index in [1.165, 1.54) is 4.90 Å². The molecule has 30 heavy (non-hydrogen) atoms. The molecule has 2 saturated carbocycles. The summed E-state index contributed by atoms with van der Waals surface area (Å²) >= 11 is 7.42. The Hall–Kier alpha value is -1.41. The van der Waals surface area contributed by atoms with Crippen LogP contribution in [0.25, 0.3) is 0 Å². The van der Waals surface area contributed by atoms with E-state index in [0.29, 0.717) is 24.4 Å². The van der Waals surface area contributed by atoms with Gasteiger partial charge in [-0.25, -0.2) is 0 Å². The maximum atomic E-state index is 12.9. The summed E-state index contributed by atoms with van der Waals surface area (Å²) < 4.78 is 5.16. The molecule has 1 heterocycles. The molecule has 6 unspecified atom stereocenters. The maximum Gasteiger partial charge on any atom is 0.233 e. The van der Waals surface area contributed by atoms with Crippen molar-refractivity contribution in [2.24, 2.45) is 23.7 Å². The quantitative estimate of drug-likeness (QED) is 0.307. The van der Waals surface area contributed by atoms with Gasteiger partial charge < -0.3 is 10.1 Å². The zero-order chi connectivity index (χ0) is 21.4. The van der Waals surface area contributed by atoms with Gasteiger partial charge in [0.25, 0.3) is 0 Å². The molecule has 1 saturated heterocycles. The fourth-order valence-electron chi connectivity index (χ4n) is 5.29. The number of hydrogen-bond donors (Lipinski definition) is 1. The number of likely N-dealkylation sites (tertiary alicyclic amines) is 1. The summed E-state index contributed by atoms with van der Waals surface area (Å²) in [6.07, 6.45) is 3.61. The van der Waals surface area contributed by atoms with Crippen LogP contribution in [0.2, 0.25) is 0 Å². The summed E-state index contributed by atoms with van der Waals surface area (Å²) in [7, 11) is 1.59. The minimum atomic E-state index is -0.144. The van der Waals surface area contributed by atoms with Gasteiger partial charge >= 0.3 is 0 Å². The van der Waals surface area contributed by atoms with Gasteiger partial charge in [0.1, 0.15) is 5.75 Å². The van der Waals surface area contributed by atoms with E-state index in [4.69, 9.17) is 4.74 Å². The molecule has 6 nitrogen and oxygen atoms in total. The molecule has 1 aromatic rings. The summed E-state index contributed by atoms with van der Waals surface area (Å²) in [5, 5.41) is 2.87. The Balaban J connectivity index is 1.20. The molecule has 0 aromatic heterocycles. The number of anilines is 1. The molecule has 3 amide bonds. The van der Waals surface area contributed by atoms with Crippen LogP contribution < -0.4 is 10.1 Å². The Bertz CT molecular complexity index is 816. The standard InChI is InChI=1S/C22H26Br2N2O4/c1-30-13-7-5-6-12(10-13)25-16(27)8-3-2-4-9-26-21(28)17-14-11-15(18(17)22(26)29)20(24)19(14)23/h5-7,10,14-15,17-20H,2-4,8-9,11H2,1H3,(H,25,27). The van der Waals surface area contributed by atoms with Crippen molar-refractivity contribution in [2.45, 2.75) is 41.8 Å². The number of alkyl halides is 2. The molecule has 1 N–H and O–H groups in total. The predicted octanol–water partition coefficient (Wildman–Crippen LogP) is 3.97. The lowest BCUT2D eigenvalue weighted by Gasteiger charge is -2.28. The first kappa shape index (κ1) is 21.8. The van der Waals surface area contributed by atoms with Crippen molar-refractivity contribution in [1.29, 1.82) is 0 Å². The molecule has 3 fully saturated rings. The Morgan fingerprint density at radius 3 is 2.40 bits per heavy atom. The lowest BCUT2D eigenvalue weighted by molar-refractivity contribution is -0.140. The van der Waals surface area contributed by atoms with Crippen LogP contribution in [-0.4, -0.2) is 45.9 Å². The van der Waals surface area contributed by atoms with Crippen molar-refractivity contribution >= 4 is 55.3 Å². The first-order valence-corrected chi connectivity index (χ1v) is 12.3. The highest BCUT2D eigenvalue weighted by Gasteiger charge is 2.66. The summed E-state index contributed by atoms with van der Waals surface area (Å²) in [5.41, 5.74) is 0.712. The van der Waals surface area contributed by atoms with Crippen LogP contribution in [0.5, 0.6) is 5.75 Å². The average molecular weight is 542 g/mol. The molecule has 1 aliphatic heterocycles. The summed E-state index contributed by atoms with van der Waals surface area (Å²) in [6, 6.07) is 7.26. The number of imide groups is 1. The zero-order valence-corrected chi connectivity index (χ0v) is 20.0. The molecular weight excluding hydrogens is 516 g/mol. The van der Waals surface area contributed by atoms with Gasteiger partial charge in [0.2, 0.25) is 17.7 Å². The number of carbonyl (C=O) groups is 3. The highest BCUT2D eigenvalue weighted by Crippen LogP contribution is 2.60. The summed E-state index contributed by atoms with van der Waals surface area (Å²) in [5.74, 6) is 0.896. The fourth-order valence-corrected chi connectivity index (χ4v) is 7.16. The van der Waals surface area contributed by atoms with E-state index >= 15 is 0 Å². The molecule has 4 rings (SSSR count). The second-order valence-electron chi connectivity index (χ2n) is 8.42. The largest absolute Gasteiger partial charge is 0.497 e. The van der Waals surface area contributed by atoms with Gasteiger partial charge in [0.05, 0.1) is 18.9 Å². The number of fused-ring (bicyclic) bond motifs is 5. The number of amides is 3. The molecule has 162 valence electrons. The van der Waals surface area contributed by atoms with Crippen LogP contribution in [0.1, 0.15) is 32.1 Å². The molecule has 0 spiro atoms. The van der Waals surface area contributed by atoms with Crippen molar-refractivity contribution in [3.8, 4) is 5.75 Å². The average Bonchev–Trinajstić information content (AvgIpc) is 3.34. The van der Waals surface area contributed by atoms with Crippen LogP contribution >= 0.6 is 31.9 Å². The predicted molar refractivity (Wildman–Crippen MR) is 121 cm³/mol. The van der Waals surface area contributed by atoms with Gasteiger partial charge in [-0.05, 0) is 43.2 Å². The highest BCUT2D eigenvalue weighted by molar-refractivity contribution is 9.12. The first-order valence-electron chi connectivity index (χ1n) is 10.5. The van der Waals surface area contributed by atoms with Gasteiger partial charge in [0.15, 0.2) is 0 Å². The molecular formula is C22H26Br2N2O4. The van der Waals surface area contributed by atoms with E-state index in [0.717, 1.165) is 25.7 Å². The van der Waals surface area contributed by atoms with Gasteiger partial charge in [-0.15, -0.1) is 0 Å². The van der Waals surface area contributed by atoms with Gasteiger partial charge in [-0.2, -0.15) is 0 Å². The molecule has 1 aromatic carbocycles. The van der Waals surface area contributed by atoms with Crippen LogP contribution in [0, 0.1) is 23.7 Å². The second kappa shape index (κ2) is 8.99. The molecule has 6 atom stereocenters. The van der Waals surface area contributed by atoms with Crippen molar-refractivity contribution in [3.63, 3.8) is 0 Å². The van der Waals surface area contributed by atoms with Crippen molar-refractivity contribution in [3.05, 3.63) is 24.3 Å². The van der Waals surface area contributed by atoms with Crippen LogP contribution in [0.3, 0.4) is 0 Å². The second-order valence-corrected chi connectivity index (χ2v) is 10.5. The Morgan fingerprint density at radius 1 is 1.10 bits per heavy atom. The van der Waals surface area contributed by atoms with Crippen LogP contribution in [0.4, 0.5) is 5.69 Å². The number of nitrogens with one attached hydrogen (secondary N) is 1. The molecule has 8 heteroatoms. The lowest BCUT2D eigenvalue weighted by Crippen LogP contribution is -2.37. The number of unbranched alkanes of at least 4 members (excludes halogenated alkanes) is 2. The van der Waals surface area contributed by atoms with E-state index in [1.807, 2.05) is 18.2 Å². The monoisotopic (exact) mass is 540 g/mol. The van der Waals surface area contributed by atoms with Gasteiger partial charge in [0, 0.05) is 34.4 Å². The number of rotatable bonds is 8. The first-order chi connectivity index (χ1) is 14.4. The highest BCUT2D eigenvalue weighted by atomic mass is 79.9. The topological polar surface area (TPSA) is 75.7 Å². The summed E-state index contributed by atoms with van der Waals surface area (Å²) in [6.45, 7) is 0.460. The molecule has 3 aliphatic rings. The number of benzene rings is 1. The molecule has 0 radical (unpaired) electrons. The zero-order valence-electron chi connectivity index (χ0n) is 16.9. The number of hydrogen-bond acceptors (Lipinski definition) is 4. The number of carbonyl (C=O) groups excluding carboxylic acids is 3. The van der Waals surface area contributed by atoms with Crippen molar-refractivity contribution in [2.75, 3.05) is 19.0 Å². The van der Waals surface area contributed by atoms with Crippen LogP contribution in [0.15, 0.2) is 24.3 Å². The number of methoxy groups -OCH3 is 1. The van der Waals surface area contributed by atoms with Crippen molar-refractivity contribution in [1.82, 2.24) is 4.90 Å². The third kappa shape index (κ3) is 3.93. The van der Waals surface area contributed by atoms with Crippen molar-refractivity contribution < 1.29 is 19.1 Å². The summed E-state index contributed by atoms with van der Waals surface area (Å²) in [4.78, 5) is 39.9. The number of nitrogens with zero attached hydrogens (tertiary/aromatic N) is 1. The van der Waals surface area contributed by atoms with E-state index in [2.05, 4.69) is 37.2 Å². The lowest BCUT2D eigenvalue weighted by atomic mass is 9.81. The SMILES string of the molecule is COc1cccc(NC(=O)CCCCCN2C(=O)C3C4CC(C(Br)C4Br)C3C2=O)c1. The van der Waals surface area contributed by atoms with Gasteiger partial charge in [-0.3, -0.25) is 19.3 Å². The Kier molecular flexibility index (Phi) is 6.53. The minimum Gasteiger partial charge on any atom is -0.497 e. The van der Waals surface area contributed by atoms with E-state index in [1.54, 1.807) is 13.2 Å². The maximum absolute atomic E-state index is 12.9. The fraction of sp³-hybridized carbons (Fsp3) is 0.591. The minimum absolute atomic E-state index is 0.0112. The molecule has 2 aliphatic carbocycles. The van der Waals surface area contributed by atoms with Gasteiger partial charge in [-0.1, -0.05) is 44.3 Å². The van der Waals surface area contributed by atoms with Crippen LogP contribution in [-0.2, 0) is 14.4 Å². The Labute approximate surface area is 193 Å². The smallest absolute Gasteiger partial charge is 0.233 e. The normalized spacial score (nSPS) is 31.9. The number of ether oxygens (including phenoxy) is 1. The third-order valence-corrected chi connectivity index (χ3v) is 9.92. The molecule has 2 bridgehead atoms. The van der Waals surface area contributed by atoms with E-state index in [-0.39, 0.29) is 51.0 Å². The van der Waals surface area contributed by atoms with E-state index < -0.39 is 0 Å². The Morgan fingerprint density at radius 2 is 1.77 bits per heavy atom. The van der Waals surface area contributed by atoms with E-state index in [9.17, 15) is 14.4 Å². The number of halogens is 2. The third-order valence-electron chi connectivity index (χ3n) is 6.72.